The maximum absolute atomic E-state index is 13.1. The average molecular weight is 515 g/mol. The van der Waals surface area contributed by atoms with Crippen LogP contribution in [0, 0.1) is 6.92 Å². The summed E-state index contributed by atoms with van der Waals surface area (Å²) < 4.78 is 32.1. The minimum Gasteiger partial charge on any atom is -0.273 e. The van der Waals surface area contributed by atoms with E-state index in [1.165, 1.54) is 28.2 Å². The van der Waals surface area contributed by atoms with E-state index in [0.717, 1.165) is 47.2 Å². The zero-order valence-corrected chi connectivity index (χ0v) is 21.1. The van der Waals surface area contributed by atoms with E-state index < -0.39 is 10.0 Å². The van der Waals surface area contributed by atoms with Gasteiger partial charge in [-0.3, -0.25) is 9.69 Å². The lowest BCUT2D eigenvalue weighted by Gasteiger charge is -2.15. The van der Waals surface area contributed by atoms with E-state index in [9.17, 15) is 13.2 Å². The minimum absolute atomic E-state index is 0.0617. The highest BCUT2D eigenvalue weighted by atomic mass is 32.2. The number of para-hydroxylation sites is 1. The van der Waals surface area contributed by atoms with Crippen molar-refractivity contribution >= 4 is 38.5 Å². The van der Waals surface area contributed by atoms with Crippen molar-refractivity contribution in [3.63, 3.8) is 0 Å². The number of sulfonamides is 1. The topological polar surface area (TPSA) is 84.6 Å². The molecule has 4 aromatic rings. The molecule has 180 valence electrons. The summed E-state index contributed by atoms with van der Waals surface area (Å²) in [5.41, 5.74) is 7.08. The second kappa shape index (κ2) is 8.76. The molecule has 7 nitrogen and oxygen atoms in total. The monoisotopic (exact) mass is 514 g/mol. The summed E-state index contributed by atoms with van der Waals surface area (Å²) in [5.74, 6) is -0.0515. The molecule has 1 amide bonds. The maximum atomic E-state index is 13.1. The van der Waals surface area contributed by atoms with Gasteiger partial charge in [-0.25, -0.2) is 4.68 Å². The Bertz CT molecular complexity index is 1630. The first kappa shape index (κ1) is 22.8. The van der Waals surface area contributed by atoms with Gasteiger partial charge in [-0.05, 0) is 61.7 Å². The fraction of sp³-hybridized carbons (Fsp3) is 0.148. The molecule has 1 aliphatic carbocycles. The van der Waals surface area contributed by atoms with Crippen LogP contribution >= 0.6 is 11.8 Å². The quantitative estimate of drug-likeness (QED) is 0.392. The summed E-state index contributed by atoms with van der Waals surface area (Å²) in [5, 5.41) is 5.04. The first-order valence-corrected chi connectivity index (χ1v) is 14.0. The number of hydrogen-bond acceptors (Lipinski definition) is 5. The van der Waals surface area contributed by atoms with Crippen LogP contribution in [0.15, 0.2) is 88.2 Å². The largest absolute Gasteiger partial charge is 0.284 e. The van der Waals surface area contributed by atoms with Crippen LogP contribution in [-0.4, -0.2) is 35.0 Å². The van der Waals surface area contributed by atoms with E-state index in [1.54, 1.807) is 36.4 Å². The molecule has 0 radical (unpaired) electrons. The van der Waals surface area contributed by atoms with Crippen molar-refractivity contribution in [1.29, 1.82) is 0 Å². The molecule has 0 unspecified atom stereocenters. The van der Waals surface area contributed by atoms with Crippen LogP contribution < -0.4 is 4.90 Å². The van der Waals surface area contributed by atoms with Gasteiger partial charge in [0.15, 0.2) is 5.17 Å². The molecule has 1 fully saturated rings. The molecule has 0 spiro atoms. The Morgan fingerprint density at radius 3 is 2.39 bits per heavy atom. The highest BCUT2D eigenvalue weighted by Gasteiger charge is 2.32. The fourth-order valence-electron chi connectivity index (χ4n) is 4.71. The normalized spacial score (nSPS) is 16.3. The summed E-state index contributed by atoms with van der Waals surface area (Å²) in [6, 6.07) is 23.8. The van der Waals surface area contributed by atoms with Crippen LogP contribution in [0.3, 0.4) is 0 Å². The highest BCUT2D eigenvalue weighted by molar-refractivity contribution is 8.16. The third-order valence-electron chi connectivity index (χ3n) is 6.51. The number of fused-ring (bicyclic) bond motifs is 3. The van der Waals surface area contributed by atoms with Crippen molar-refractivity contribution in [3.05, 3.63) is 95.7 Å². The Kier molecular flexibility index (Phi) is 5.54. The number of nitrogens with zero attached hydrogens (tertiary/aromatic N) is 4. The second-order valence-corrected chi connectivity index (χ2v) is 11.2. The minimum atomic E-state index is -4.02. The van der Waals surface area contributed by atoms with E-state index in [1.807, 2.05) is 23.7 Å². The van der Waals surface area contributed by atoms with Gasteiger partial charge in [0.1, 0.15) is 0 Å². The van der Waals surface area contributed by atoms with Gasteiger partial charge in [0, 0.05) is 16.8 Å². The summed E-state index contributed by atoms with van der Waals surface area (Å²) in [6.45, 7) is 2.04. The van der Waals surface area contributed by atoms with Gasteiger partial charge in [0.05, 0.1) is 27.7 Å². The van der Waals surface area contributed by atoms with Gasteiger partial charge in [0.2, 0.25) is 5.91 Å². The van der Waals surface area contributed by atoms with Crippen molar-refractivity contribution < 1.29 is 13.2 Å². The molecule has 0 atom stereocenters. The number of carbonyl (C=O) groups is 1. The number of rotatable bonds is 4. The van der Waals surface area contributed by atoms with E-state index in [0.29, 0.717) is 5.69 Å². The summed E-state index contributed by atoms with van der Waals surface area (Å²) in [7, 11) is -4.02. The summed E-state index contributed by atoms with van der Waals surface area (Å²) in [4.78, 5) is 13.8. The van der Waals surface area contributed by atoms with E-state index >= 15 is 0 Å². The number of aryl methyl sites for hydroxylation is 1. The highest BCUT2D eigenvalue weighted by Crippen LogP contribution is 2.35. The molecule has 3 aromatic carbocycles. The van der Waals surface area contributed by atoms with Crippen molar-refractivity contribution in [3.8, 4) is 16.9 Å². The number of amides is 1. The predicted octanol–water partition coefficient (Wildman–Crippen LogP) is 4.77. The Morgan fingerprint density at radius 1 is 0.889 bits per heavy atom. The first-order valence-electron chi connectivity index (χ1n) is 11.6. The van der Waals surface area contributed by atoms with E-state index in [4.69, 9.17) is 5.10 Å². The van der Waals surface area contributed by atoms with Crippen LogP contribution in [-0.2, 0) is 27.7 Å². The number of hydrogen-bond donors (Lipinski definition) is 0. The van der Waals surface area contributed by atoms with Gasteiger partial charge in [-0.15, -0.1) is 4.40 Å². The summed E-state index contributed by atoms with van der Waals surface area (Å²) in [6.07, 6.45) is 1.91. The van der Waals surface area contributed by atoms with Crippen molar-refractivity contribution in [2.75, 3.05) is 10.7 Å². The lowest BCUT2D eigenvalue weighted by atomic mass is 9.89. The first-order chi connectivity index (χ1) is 17.4. The second-order valence-electron chi connectivity index (χ2n) is 8.68. The molecule has 2 heterocycles. The number of amidine groups is 1. The molecule has 1 aliphatic heterocycles. The molecule has 9 heteroatoms. The Balaban J connectivity index is 1.32. The third-order valence-corrected chi connectivity index (χ3v) is 8.83. The van der Waals surface area contributed by atoms with Crippen molar-refractivity contribution in [1.82, 2.24) is 9.78 Å². The van der Waals surface area contributed by atoms with Crippen LogP contribution in [0.1, 0.15) is 16.8 Å². The van der Waals surface area contributed by atoms with Crippen molar-refractivity contribution in [2.45, 2.75) is 24.7 Å². The van der Waals surface area contributed by atoms with Gasteiger partial charge >= 0.3 is 0 Å². The van der Waals surface area contributed by atoms with Crippen LogP contribution in [0.5, 0.6) is 0 Å². The number of aromatic nitrogens is 2. The number of thioether (sulfide) groups is 1. The molecule has 1 aromatic heterocycles. The van der Waals surface area contributed by atoms with Crippen LogP contribution in [0.25, 0.3) is 16.9 Å². The van der Waals surface area contributed by atoms with E-state index in [2.05, 4.69) is 22.6 Å². The summed E-state index contributed by atoms with van der Waals surface area (Å²) >= 11 is 1.12. The molecule has 0 N–H and O–H groups in total. The predicted molar refractivity (Wildman–Crippen MR) is 142 cm³/mol. The average Bonchev–Trinajstić information content (AvgIpc) is 3.43. The number of benzene rings is 3. The van der Waals surface area contributed by atoms with Gasteiger partial charge in [-0.2, -0.15) is 13.5 Å². The maximum Gasteiger partial charge on any atom is 0.284 e. The van der Waals surface area contributed by atoms with Gasteiger partial charge < -0.3 is 0 Å². The lowest BCUT2D eigenvalue weighted by molar-refractivity contribution is -0.115. The smallest absolute Gasteiger partial charge is 0.273 e. The van der Waals surface area contributed by atoms with Crippen molar-refractivity contribution in [2.24, 2.45) is 4.40 Å². The molecule has 0 saturated carbocycles. The standard InChI is InChI=1S/C27H22N4O3S2/c1-18-23-16-11-19-7-5-6-10-24(19)26(23)28-31(18)21-12-14-22(15-13-21)36(33,34)29-27-30(25(32)17-35-27)20-8-3-2-4-9-20/h2-10,12-15H,11,16-17H2,1H3/b29-27-. The molecular formula is C27H22N4O3S2. The van der Waals surface area contributed by atoms with Crippen LogP contribution in [0.4, 0.5) is 5.69 Å². The fourth-order valence-corrected chi connectivity index (χ4v) is 6.80. The van der Waals surface area contributed by atoms with E-state index in [-0.39, 0.29) is 21.7 Å². The molecular weight excluding hydrogens is 492 g/mol. The van der Waals surface area contributed by atoms with Gasteiger partial charge in [0.25, 0.3) is 10.0 Å². The Hall–Kier alpha value is -3.69. The molecule has 36 heavy (non-hydrogen) atoms. The van der Waals surface area contributed by atoms with Gasteiger partial charge in [-0.1, -0.05) is 54.2 Å². The number of carbonyl (C=O) groups excluding carboxylic acids is 1. The molecule has 6 rings (SSSR count). The van der Waals surface area contributed by atoms with Crippen LogP contribution in [0.2, 0.25) is 0 Å². The SMILES string of the molecule is Cc1c2c(nn1-c1ccc(S(=O)(=O)/N=C3\SCC(=O)N3c3ccccc3)cc1)-c1ccccc1CC2. The third kappa shape index (κ3) is 3.84. The molecule has 2 aliphatic rings. The zero-order chi connectivity index (χ0) is 24.9. The number of anilines is 1. The Labute approximate surface area is 213 Å². The Morgan fingerprint density at radius 2 is 1.61 bits per heavy atom. The zero-order valence-electron chi connectivity index (χ0n) is 19.5. The molecule has 0 bridgehead atoms. The lowest BCUT2D eigenvalue weighted by Crippen LogP contribution is -2.29. The molecule has 1 saturated heterocycles.